The molecule has 1 saturated carbocycles. The highest BCUT2D eigenvalue weighted by atomic mass is 32.1. The van der Waals surface area contributed by atoms with E-state index in [1.54, 1.807) is 42.6 Å². The SMILES string of the molecule is Cc1ccc(C(=O)NC2CCCC2NC(=O)c2ccc(-n3ccccc3=O)cc2)s1. The second-order valence-corrected chi connectivity index (χ2v) is 8.74. The molecule has 2 heterocycles. The average Bonchev–Trinajstić information content (AvgIpc) is 3.37. The second kappa shape index (κ2) is 8.67. The Morgan fingerprint density at radius 1 is 0.933 bits per heavy atom. The van der Waals surface area contributed by atoms with E-state index in [9.17, 15) is 14.4 Å². The minimum atomic E-state index is -0.180. The summed E-state index contributed by atoms with van der Waals surface area (Å²) in [5.41, 5.74) is 1.10. The lowest BCUT2D eigenvalue weighted by atomic mass is 10.1. The van der Waals surface area contributed by atoms with E-state index in [2.05, 4.69) is 10.6 Å². The van der Waals surface area contributed by atoms with Crippen molar-refractivity contribution in [1.82, 2.24) is 15.2 Å². The van der Waals surface area contributed by atoms with Crippen molar-refractivity contribution in [2.24, 2.45) is 0 Å². The summed E-state index contributed by atoms with van der Waals surface area (Å²) in [5.74, 6) is -0.267. The summed E-state index contributed by atoms with van der Waals surface area (Å²) in [6.07, 6.45) is 4.32. The molecule has 154 valence electrons. The molecular weight excluding hydrogens is 398 g/mol. The molecule has 2 atom stereocenters. The topological polar surface area (TPSA) is 80.2 Å². The molecular formula is C23H23N3O3S. The smallest absolute Gasteiger partial charge is 0.261 e. The third-order valence-corrected chi connectivity index (χ3v) is 6.34. The Morgan fingerprint density at radius 3 is 2.27 bits per heavy atom. The highest BCUT2D eigenvalue weighted by Gasteiger charge is 2.30. The third kappa shape index (κ3) is 4.36. The van der Waals surface area contributed by atoms with Crippen LogP contribution < -0.4 is 16.2 Å². The maximum Gasteiger partial charge on any atom is 0.261 e. The average molecular weight is 422 g/mol. The predicted octanol–water partition coefficient (Wildman–Crippen LogP) is 3.29. The number of amides is 2. The van der Waals surface area contributed by atoms with E-state index >= 15 is 0 Å². The first-order valence-electron chi connectivity index (χ1n) is 9.97. The van der Waals surface area contributed by atoms with Crippen LogP contribution in [-0.4, -0.2) is 28.5 Å². The van der Waals surface area contributed by atoms with Crippen LogP contribution in [0.2, 0.25) is 0 Å². The Bertz CT molecular complexity index is 1120. The zero-order valence-corrected chi connectivity index (χ0v) is 17.4. The zero-order valence-electron chi connectivity index (χ0n) is 16.6. The lowest BCUT2D eigenvalue weighted by Crippen LogP contribution is -2.48. The van der Waals surface area contributed by atoms with E-state index < -0.39 is 0 Å². The van der Waals surface area contributed by atoms with Crippen LogP contribution in [0.15, 0.2) is 65.6 Å². The highest BCUT2D eigenvalue weighted by molar-refractivity contribution is 7.13. The molecule has 30 heavy (non-hydrogen) atoms. The number of carbonyl (C=O) groups excluding carboxylic acids is 2. The molecule has 7 heteroatoms. The van der Waals surface area contributed by atoms with Gasteiger partial charge in [-0.2, -0.15) is 0 Å². The standard InChI is InChI=1S/C23H23N3O3S/c1-15-8-13-20(30-15)23(29)25-19-6-4-5-18(19)24-22(28)16-9-11-17(12-10-16)26-14-3-2-7-21(26)27/h2-3,7-14,18-19H,4-6H2,1H3,(H,24,28)(H,25,29). The van der Waals surface area contributed by atoms with Crippen LogP contribution in [-0.2, 0) is 0 Å². The maximum atomic E-state index is 12.7. The van der Waals surface area contributed by atoms with E-state index in [1.807, 2.05) is 19.1 Å². The quantitative estimate of drug-likeness (QED) is 0.663. The molecule has 1 fully saturated rings. The normalized spacial score (nSPS) is 18.2. The molecule has 0 spiro atoms. The van der Waals surface area contributed by atoms with Gasteiger partial charge in [0.05, 0.1) is 4.88 Å². The molecule has 2 amide bonds. The van der Waals surface area contributed by atoms with Crippen LogP contribution in [0.3, 0.4) is 0 Å². The summed E-state index contributed by atoms with van der Waals surface area (Å²) >= 11 is 1.47. The fourth-order valence-corrected chi connectivity index (χ4v) is 4.54. The van der Waals surface area contributed by atoms with Crippen molar-refractivity contribution in [2.45, 2.75) is 38.3 Å². The molecule has 6 nitrogen and oxygen atoms in total. The van der Waals surface area contributed by atoms with Gasteiger partial charge in [0.25, 0.3) is 17.4 Å². The molecule has 0 bridgehead atoms. The summed E-state index contributed by atoms with van der Waals surface area (Å²) in [7, 11) is 0. The van der Waals surface area contributed by atoms with Crippen molar-refractivity contribution in [3.05, 3.63) is 86.5 Å². The van der Waals surface area contributed by atoms with Gasteiger partial charge in [0.15, 0.2) is 0 Å². The molecule has 0 radical (unpaired) electrons. The fourth-order valence-electron chi connectivity index (χ4n) is 3.77. The maximum absolute atomic E-state index is 12.7. The Kier molecular flexibility index (Phi) is 5.81. The minimum absolute atomic E-state index is 0.0778. The number of thiophene rings is 1. The molecule has 0 aliphatic heterocycles. The Balaban J connectivity index is 1.41. The first kappa shape index (κ1) is 20.1. The number of benzene rings is 1. The van der Waals surface area contributed by atoms with Crippen LogP contribution in [0.1, 0.15) is 44.2 Å². The largest absolute Gasteiger partial charge is 0.347 e. The van der Waals surface area contributed by atoms with E-state index in [0.29, 0.717) is 16.1 Å². The number of aryl methyl sites for hydroxylation is 1. The summed E-state index contributed by atoms with van der Waals surface area (Å²) in [5, 5.41) is 6.13. The summed E-state index contributed by atoms with van der Waals surface area (Å²) in [6.45, 7) is 1.97. The Hall–Kier alpha value is -3.19. The Labute approximate surface area is 178 Å². The predicted molar refractivity (Wildman–Crippen MR) is 117 cm³/mol. The van der Waals surface area contributed by atoms with Crippen LogP contribution in [0.4, 0.5) is 0 Å². The van der Waals surface area contributed by atoms with Crippen molar-refractivity contribution in [1.29, 1.82) is 0 Å². The Morgan fingerprint density at radius 2 is 1.63 bits per heavy atom. The van der Waals surface area contributed by atoms with E-state index in [4.69, 9.17) is 0 Å². The van der Waals surface area contributed by atoms with Gasteiger partial charge in [-0.1, -0.05) is 6.07 Å². The van der Waals surface area contributed by atoms with Gasteiger partial charge in [0.2, 0.25) is 0 Å². The van der Waals surface area contributed by atoms with E-state index in [0.717, 1.165) is 24.1 Å². The van der Waals surface area contributed by atoms with Gasteiger partial charge in [0, 0.05) is 40.5 Å². The van der Waals surface area contributed by atoms with Crippen LogP contribution >= 0.6 is 11.3 Å². The monoisotopic (exact) mass is 421 g/mol. The number of carbonyl (C=O) groups is 2. The van der Waals surface area contributed by atoms with Crippen molar-refractivity contribution >= 4 is 23.2 Å². The van der Waals surface area contributed by atoms with Gasteiger partial charge >= 0.3 is 0 Å². The number of hydrogen-bond acceptors (Lipinski definition) is 4. The molecule has 1 aliphatic rings. The second-order valence-electron chi connectivity index (χ2n) is 7.46. The van der Waals surface area contributed by atoms with Crippen LogP contribution in [0, 0.1) is 6.92 Å². The summed E-state index contributed by atoms with van der Waals surface area (Å²) < 4.78 is 1.52. The number of hydrogen-bond donors (Lipinski definition) is 2. The summed E-state index contributed by atoms with van der Waals surface area (Å²) in [4.78, 5) is 38.9. The van der Waals surface area contributed by atoms with Crippen molar-refractivity contribution in [2.75, 3.05) is 0 Å². The number of aromatic nitrogens is 1. The molecule has 1 aromatic carbocycles. The van der Waals surface area contributed by atoms with Gasteiger partial charge in [-0.3, -0.25) is 19.0 Å². The number of nitrogens with one attached hydrogen (secondary N) is 2. The van der Waals surface area contributed by atoms with Crippen molar-refractivity contribution in [3.8, 4) is 5.69 Å². The molecule has 1 aliphatic carbocycles. The zero-order chi connectivity index (χ0) is 21.1. The van der Waals surface area contributed by atoms with Gasteiger partial charge in [-0.25, -0.2) is 0 Å². The van der Waals surface area contributed by atoms with Crippen LogP contribution in [0.5, 0.6) is 0 Å². The molecule has 3 aromatic rings. The molecule has 2 aromatic heterocycles. The van der Waals surface area contributed by atoms with Gasteiger partial charge in [-0.05, 0) is 68.7 Å². The first-order chi connectivity index (χ1) is 14.5. The van der Waals surface area contributed by atoms with E-state index in [1.165, 1.54) is 22.0 Å². The van der Waals surface area contributed by atoms with Crippen molar-refractivity contribution in [3.63, 3.8) is 0 Å². The first-order valence-corrected chi connectivity index (χ1v) is 10.8. The van der Waals surface area contributed by atoms with Crippen molar-refractivity contribution < 1.29 is 9.59 Å². The number of rotatable bonds is 5. The van der Waals surface area contributed by atoms with Crippen LogP contribution in [0.25, 0.3) is 5.69 Å². The van der Waals surface area contributed by atoms with Gasteiger partial charge in [0.1, 0.15) is 0 Å². The molecule has 4 rings (SSSR count). The molecule has 0 saturated heterocycles. The fraction of sp³-hybridized carbons (Fsp3) is 0.261. The number of nitrogens with zero attached hydrogens (tertiary/aromatic N) is 1. The lowest BCUT2D eigenvalue weighted by Gasteiger charge is -2.22. The summed E-state index contributed by atoms with van der Waals surface area (Å²) in [6, 6.07) is 15.5. The minimum Gasteiger partial charge on any atom is -0.347 e. The third-order valence-electron chi connectivity index (χ3n) is 5.34. The lowest BCUT2D eigenvalue weighted by molar-refractivity contribution is 0.0894. The molecule has 2 N–H and O–H groups in total. The highest BCUT2D eigenvalue weighted by Crippen LogP contribution is 2.22. The van der Waals surface area contributed by atoms with E-state index in [-0.39, 0.29) is 29.5 Å². The molecule has 2 unspecified atom stereocenters. The van der Waals surface area contributed by atoms with Gasteiger partial charge < -0.3 is 10.6 Å². The van der Waals surface area contributed by atoms with Gasteiger partial charge in [-0.15, -0.1) is 11.3 Å². The number of pyridine rings is 1.